The molecule has 1 aliphatic rings. The zero-order valence-electron chi connectivity index (χ0n) is 16.7. The average Bonchev–Trinajstić information content (AvgIpc) is 2.75. The van der Waals surface area contributed by atoms with Gasteiger partial charge in [-0.1, -0.05) is 18.2 Å². The van der Waals surface area contributed by atoms with Gasteiger partial charge in [-0.3, -0.25) is 0 Å². The van der Waals surface area contributed by atoms with Crippen molar-refractivity contribution in [2.24, 2.45) is 0 Å². The first kappa shape index (κ1) is 19.9. The zero-order valence-corrected chi connectivity index (χ0v) is 16.7. The summed E-state index contributed by atoms with van der Waals surface area (Å²) in [6.45, 7) is 6.33. The summed E-state index contributed by atoms with van der Waals surface area (Å²) in [5.41, 5.74) is 2.27. The number of carbonyl (C=O) groups excluding carboxylic acids is 1. The van der Waals surface area contributed by atoms with Gasteiger partial charge in [0.2, 0.25) is 0 Å². The molecule has 0 spiro atoms. The number of piperazine rings is 1. The van der Waals surface area contributed by atoms with E-state index in [1.54, 1.807) is 7.11 Å². The number of amides is 2. The summed E-state index contributed by atoms with van der Waals surface area (Å²) < 4.78 is 10.9. The van der Waals surface area contributed by atoms with E-state index in [1.807, 2.05) is 48.2 Å². The monoisotopic (exact) mass is 383 g/mol. The van der Waals surface area contributed by atoms with Gasteiger partial charge >= 0.3 is 6.03 Å². The molecular weight excluding hydrogens is 354 g/mol. The van der Waals surface area contributed by atoms with Gasteiger partial charge in [0, 0.05) is 38.4 Å². The zero-order chi connectivity index (χ0) is 19.8. The third-order valence-electron chi connectivity index (χ3n) is 4.94. The number of hydrogen-bond donors (Lipinski definition) is 1. The number of hydrogen-bond acceptors (Lipinski definition) is 4. The Morgan fingerprint density at radius 3 is 2.43 bits per heavy atom. The molecule has 28 heavy (non-hydrogen) atoms. The van der Waals surface area contributed by atoms with Crippen LogP contribution in [0, 0.1) is 0 Å². The van der Waals surface area contributed by atoms with Crippen LogP contribution in [0.3, 0.4) is 0 Å². The summed E-state index contributed by atoms with van der Waals surface area (Å²) in [4.78, 5) is 16.6. The quantitative estimate of drug-likeness (QED) is 0.798. The average molecular weight is 383 g/mol. The van der Waals surface area contributed by atoms with E-state index in [0.29, 0.717) is 26.2 Å². The smallest absolute Gasteiger partial charge is 0.317 e. The summed E-state index contributed by atoms with van der Waals surface area (Å²) in [5.74, 6) is 1.75. The van der Waals surface area contributed by atoms with E-state index < -0.39 is 0 Å². The van der Waals surface area contributed by atoms with Crippen molar-refractivity contribution in [3.8, 4) is 11.5 Å². The lowest BCUT2D eigenvalue weighted by Gasteiger charge is -2.36. The Morgan fingerprint density at radius 2 is 1.75 bits per heavy atom. The van der Waals surface area contributed by atoms with Crippen molar-refractivity contribution in [3.63, 3.8) is 0 Å². The number of nitrogens with one attached hydrogen (secondary N) is 1. The second-order valence-corrected chi connectivity index (χ2v) is 6.69. The van der Waals surface area contributed by atoms with Crippen LogP contribution in [0.1, 0.15) is 12.5 Å². The molecule has 0 unspecified atom stereocenters. The van der Waals surface area contributed by atoms with Crippen molar-refractivity contribution in [2.45, 2.75) is 13.3 Å². The van der Waals surface area contributed by atoms with Gasteiger partial charge in [0.15, 0.2) is 0 Å². The van der Waals surface area contributed by atoms with Crippen LogP contribution in [0.5, 0.6) is 11.5 Å². The van der Waals surface area contributed by atoms with Crippen LogP contribution in [0.4, 0.5) is 10.5 Å². The molecule has 6 heteroatoms. The Kier molecular flexibility index (Phi) is 7.00. The molecule has 2 amide bonds. The number of methoxy groups -OCH3 is 1. The molecule has 0 saturated carbocycles. The molecule has 0 atom stereocenters. The van der Waals surface area contributed by atoms with Crippen LogP contribution in [0.2, 0.25) is 0 Å². The highest BCUT2D eigenvalue weighted by Gasteiger charge is 2.21. The van der Waals surface area contributed by atoms with E-state index >= 15 is 0 Å². The lowest BCUT2D eigenvalue weighted by atomic mass is 10.1. The molecule has 1 heterocycles. The third kappa shape index (κ3) is 5.09. The standard InChI is InChI=1S/C22H29N3O3/c1-3-28-20-10-8-19(9-11-20)24-14-16-25(17-15-24)22(26)23-13-12-18-6-4-5-7-21(18)27-2/h4-11H,3,12-17H2,1-2H3,(H,23,26). The number of carbonyl (C=O) groups is 1. The number of nitrogens with zero attached hydrogens (tertiary/aromatic N) is 2. The molecule has 1 fully saturated rings. The van der Waals surface area contributed by atoms with E-state index in [0.717, 1.165) is 36.6 Å². The fourth-order valence-electron chi connectivity index (χ4n) is 3.41. The van der Waals surface area contributed by atoms with E-state index in [4.69, 9.17) is 9.47 Å². The number of urea groups is 1. The van der Waals surface area contributed by atoms with Gasteiger partial charge < -0.3 is 24.6 Å². The number of rotatable bonds is 7. The molecule has 6 nitrogen and oxygen atoms in total. The van der Waals surface area contributed by atoms with Crippen LogP contribution in [-0.2, 0) is 6.42 Å². The van der Waals surface area contributed by atoms with Crippen molar-refractivity contribution in [1.29, 1.82) is 0 Å². The molecule has 3 rings (SSSR count). The first-order chi connectivity index (χ1) is 13.7. The molecular formula is C22H29N3O3. The Hall–Kier alpha value is -2.89. The van der Waals surface area contributed by atoms with Gasteiger partial charge in [-0.05, 0) is 49.2 Å². The predicted octanol–water partition coefficient (Wildman–Crippen LogP) is 3.17. The largest absolute Gasteiger partial charge is 0.496 e. The summed E-state index contributed by atoms with van der Waals surface area (Å²) in [6.07, 6.45) is 0.752. The second kappa shape index (κ2) is 9.88. The maximum atomic E-state index is 12.5. The normalized spacial score (nSPS) is 13.9. The SMILES string of the molecule is CCOc1ccc(N2CCN(C(=O)NCCc3ccccc3OC)CC2)cc1. The van der Waals surface area contributed by atoms with Crippen molar-refractivity contribution in [1.82, 2.24) is 10.2 Å². The van der Waals surface area contributed by atoms with Crippen LogP contribution < -0.4 is 19.7 Å². The van der Waals surface area contributed by atoms with Crippen molar-refractivity contribution >= 4 is 11.7 Å². The molecule has 2 aromatic carbocycles. The molecule has 0 aliphatic carbocycles. The van der Waals surface area contributed by atoms with Crippen molar-refractivity contribution < 1.29 is 14.3 Å². The second-order valence-electron chi connectivity index (χ2n) is 6.69. The van der Waals surface area contributed by atoms with E-state index in [1.165, 1.54) is 5.69 Å². The fourth-order valence-corrected chi connectivity index (χ4v) is 3.41. The van der Waals surface area contributed by atoms with Gasteiger partial charge in [0.25, 0.3) is 0 Å². The Labute approximate surface area is 167 Å². The van der Waals surface area contributed by atoms with Crippen molar-refractivity contribution in [2.75, 3.05) is 51.3 Å². The maximum absolute atomic E-state index is 12.5. The summed E-state index contributed by atoms with van der Waals surface area (Å²) in [7, 11) is 1.67. The van der Waals surface area contributed by atoms with Crippen LogP contribution in [0.25, 0.3) is 0 Å². The highest BCUT2D eigenvalue weighted by Crippen LogP contribution is 2.21. The molecule has 1 aliphatic heterocycles. The van der Waals surface area contributed by atoms with Gasteiger partial charge in [-0.2, -0.15) is 0 Å². The summed E-state index contributed by atoms with van der Waals surface area (Å²) in [6, 6.07) is 16.1. The predicted molar refractivity (Wildman–Crippen MR) is 111 cm³/mol. The number of para-hydroxylation sites is 1. The topological polar surface area (TPSA) is 54.0 Å². The minimum Gasteiger partial charge on any atom is -0.496 e. The molecule has 0 aromatic heterocycles. The molecule has 0 radical (unpaired) electrons. The van der Waals surface area contributed by atoms with Crippen LogP contribution in [-0.4, -0.2) is 57.4 Å². The molecule has 1 saturated heterocycles. The highest BCUT2D eigenvalue weighted by atomic mass is 16.5. The van der Waals surface area contributed by atoms with Gasteiger partial charge in [0.1, 0.15) is 11.5 Å². The van der Waals surface area contributed by atoms with Gasteiger partial charge in [0.05, 0.1) is 13.7 Å². The molecule has 150 valence electrons. The Bertz CT molecular complexity index is 756. The van der Waals surface area contributed by atoms with Gasteiger partial charge in [-0.25, -0.2) is 4.79 Å². The van der Waals surface area contributed by atoms with Crippen molar-refractivity contribution in [3.05, 3.63) is 54.1 Å². The van der Waals surface area contributed by atoms with E-state index in [9.17, 15) is 4.79 Å². The first-order valence-electron chi connectivity index (χ1n) is 9.83. The summed E-state index contributed by atoms with van der Waals surface area (Å²) in [5, 5.41) is 3.02. The van der Waals surface area contributed by atoms with Gasteiger partial charge in [-0.15, -0.1) is 0 Å². The minimum absolute atomic E-state index is 0.00115. The lowest BCUT2D eigenvalue weighted by Crippen LogP contribution is -2.52. The van der Waals surface area contributed by atoms with Crippen LogP contribution in [0.15, 0.2) is 48.5 Å². The lowest BCUT2D eigenvalue weighted by molar-refractivity contribution is 0.194. The minimum atomic E-state index is 0.00115. The third-order valence-corrected chi connectivity index (χ3v) is 4.94. The molecule has 2 aromatic rings. The Balaban J connectivity index is 1.43. The first-order valence-corrected chi connectivity index (χ1v) is 9.83. The Morgan fingerprint density at radius 1 is 1.04 bits per heavy atom. The van der Waals surface area contributed by atoms with E-state index in [-0.39, 0.29) is 6.03 Å². The number of benzene rings is 2. The fraction of sp³-hybridized carbons (Fsp3) is 0.409. The maximum Gasteiger partial charge on any atom is 0.317 e. The van der Waals surface area contributed by atoms with E-state index in [2.05, 4.69) is 22.3 Å². The number of ether oxygens (including phenoxy) is 2. The van der Waals surface area contributed by atoms with Crippen LogP contribution >= 0.6 is 0 Å². The number of anilines is 1. The summed E-state index contributed by atoms with van der Waals surface area (Å²) >= 11 is 0. The molecule has 1 N–H and O–H groups in total. The highest BCUT2D eigenvalue weighted by molar-refractivity contribution is 5.74. The molecule has 0 bridgehead atoms.